The minimum absolute atomic E-state index is 0.160. The van der Waals surface area contributed by atoms with Gasteiger partial charge in [0.1, 0.15) is 11.8 Å². The van der Waals surface area contributed by atoms with E-state index in [0.717, 1.165) is 5.56 Å². The summed E-state index contributed by atoms with van der Waals surface area (Å²) in [5.41, 5.74) is 6.63. The first kappa shape index (κ1) is 25.9. The highest BCUT2D eigenvalue weighted by Crippen LogP contribution is 2.27. The minimum atomic E-state index is -1.60. The summed E-state index contributed by atoms with van der Waals surface area (Å²) in [6, 6.07) is 21.2. The molecule has 2 unspecified atom stereocenters. The van der Waals surface area contributed by atoms with Crippen molar-refractivity contribution >= 4 is 5.97 Å². The Labute approximate surface area is 194 Å². The van der Waals surface area contributed by atoms with Gasteiger partial charge >= 0.3 is 18.4 Å². The van der Waals surface area contributed by atoms with Crippen molar-refractivity contribution in [3.8, 4) is 5.75 Å². The van der Waals surface area contributed by atoms with Crippen LogP contribution in [-0.4, -0.2) is 32.1 Å². The number of ether oxygens (including phenoxy) is 1. The van der Waals surface area contributed by atoms with Gasteiger partial charge in [0.05, 0.1) is 21.0 Å². The Morgan fingerprint density at radius 3 is 1.59 bits per heavy atom. The van der Waals surface area contributed by atoms with Crippen LogP contribution in [0.25, 0.3) is 0 Å². The van der Waals surface area contributed by atoms with E-state index in [1.165, 1.54) is 36.4 Å². The summed E-state index contributed by atoms with van der Waals surface area (Å²) in [6.07, 6.45) is -2.92. The molecular weight excluding hydrogens is 446 g/mol. The van der Waals surface area contributed by atoms with E-state index in [-0.39, 0.29) is 23.3 Å². The molecule has 0 aliphatic rings. The van der Waals surface area contributed by atoms with Crippen LogP contribution >= 0.6 is 0 Å². The molecule has 0 saturated carbocycles. The van der Waals surface area contributed by atoms with Crippen molar-refractivity contribution in [2.24, 2.45) is 5.73 Å². The fraction of sp³-hybridized carbons (Fsp3) is 0.174. The number of hydrogen-bond donors (Lipinski definition) is 3. The number of aromatic hydroxyl groups is 1. The lowest BCUT2D eigenvalue weighted by Gasteiger charge is -2.14. The van der Waals surface area contributed by atoms with Gasteiger partial charge in [-0.25, -0.2) is 4.74 Å². The van der Waals surface area contributed by atoms with Crippen molar-refractivity contribution in [2.45, 2.75) is 24.9 Å². The van der Waals surface area contributed by atoms with Crippen LogP contribution in [0.4, 0.5) is 0 Å². The summed E-state index contributed by atoms with van der Waals surface area (Å²) in [6.45, 7) is 0. The van der Waals surface area contributed by atoms with E-state index in [0.29, 0.717) is 0 Å². The van der Waals surface area contributed by atoms with E-state index in [1.54, 1.807) is 48.5 Å². The SMILES string of the molecule is N[C@@H](Cc1ccc(O)cc1)C(=O)O.O=[N+]([O-])C(OC(c1ccccc1)[N+](=O)[O-])c1ccccc1. The number of rotatable bonds is 9. The van der Waals surface area contributed by atoms with Crippen molar-refractivity contribution in [3.05, 3.63) is 122 Å². The molecule has 4 N–H and O–H groups in total. The number of nitrogens with two attached hydrogens (primary N) is 1. The van der Waals surface area contributed by atoms with E-state index in [9.17, 15) is 25.0 Å². The molecule has 11 heteroatoms. The number of carboxylic acid groups (broad SMARTS) is 1. The molecule has 3 atom stereocenters. The summed E-state index contributed by atoms with van der Waals surface area (Å²) in [5.74, 6) is -0.860. The molecule has 0 aromatic heterocycles. The van der Waals surface area contributed by atoms with Gasteiger partial charge < -0.3 is 15.9 Å². The Morgan fingerprint density at radius 2 is 1.24 bits per heavy atom. The highest BCUT2D eigenvalue weighted by atomic mass is 16.7. The Balaban J connectivity index is 0.000000270. The highest BCUT2D eigenvalue weighted by molar-refractivity contribution is 5.73. The molecule has 3 rings (SSSR count). The summed E-state index contributed by atoms with van der Waals surface area (Å²) in [4.78, 5) is 31.3. The van der Waals surface area contributed by atoms with Gasteiger partial charge in [-0.2, -0.15) is 0 Å². The molecule has 0 aliphatic carbocycles. The van der Waals surface area contributed by atoms with Gasteiger partial charge in [-0.15, -0.1) is 0 Å². The third-order valence-corrected chi connectivity index (χ3v) is 4.52. The molecule has 11 nitrogen and oxygen atoms in total. The fourth-order valence-electron chi connectivity index (χ4n) is 2.83. The number of phenolic OH excluding ortho intramolecular Hbond substituents is 1. The molecule has 0 amide bonds. The number of nitro groups is 2. The maximum Gasteiger partial charge on any atom is 0.347 e. The van der Waals surface area contributed by atoms with E-state index in [4.69, 9.17) is 20.7 Å². The molecule has 0 spiro atoms. The summed E-state index contributed by atoms with van der Waals surface area (Å²) in [5, 5.41) is 39.8. The third-order valence-electron chi connectivity index (χ3n) is 4.52. The van der Waals surface area contributed by atoms with Gasteiger partial charge in [-0.1, -0.05) is 48.5 Å². The predicted octanol–water partition coefficient (Wildman–Crippen LogP) is 3.30. The number of carboxylic acids is 1. The predicted molar refractivity (Wildman–Crippen MR) is 121 cm³/mol. The Morgan fingerprint density at radius 1 is 0.824 bits per heavy atom. The quantitative estimate of drug-likeness (QED) is 0.241. The summed E-state index contributed by atoms with van der Waals surface area (Å²) >= 11 is 0. The van der Waals surface area contributed by atoms with Crippen molar-refractivity contribution in [3.63, 3.8) is 0 Å². The first-order valence-corrected chi connectivity index (χ1v) is 9.97. The average Bonchev–Trinajstić information content (AvgIpc) is 2.82. The largest absolute Gasteiger partial charge is 0.508 e. The van der Waals surface area contributed by atoms with Crippen molar-refractivity contribution in [1.82, 2.24) is 0 Å². The molecule has 0 saturated heterocycles. The number of benzene rings is 3. The Hall–Kier alpha value is -4.35. The standard InChI is InChI=1S/C14H12N2O5.C9H11NO3/c17-15(18)13(11-7-3-1-4-8-11)21-14(16(19)20)12-9-5-2-6-10-12;10-8(9(12)13)5-6-1-3-7(11)4-2-6/h1-10,13-14H;1-4,8,11H,5,10H2,(H,12,13)/t;8-/m.0/s1. The Bertz CT molecular complexity index is 1020. The lowest BCUT2D eigenvalue weighted by atomic mass is 10.1. The van der Waals surface area contributed by atoms with Crippen LogP contribution in [0, 0.1) is 20.2 Å². The first-order valence-electron chi connectivity index (χ1n) is 9.97. The molecule has 0 bridgehead atoms. The maximum absolute atomic E-state index is 11.1. The van der Waals surface area contributed by atoms with E-state index >= 15 is 0 Å². The molecule has 3 aromatic rings. The molecule has 0 fully saturated rings. The highest BCUT2D eigenvalue weighted by Gasteiger charge is 2.34. The lowest BCUT2D eigenvalue weighted by molar-refractivity contribution is -0.657. The van der Waals surface area contributed by atoms with E-state index < -0.39 is 34.3 Å². The average molecular weight is 469 g/mol. The van der Waals surface area contributed by atoms with Gasteiger partial charge in [-0.05, 0) is 48.4 Å². The first-order chi connectivity index (χ1) is 16.2. The van der Waals surface area contributed by atoms with Crippen LogP contribution in [0.1, 0.15) is 29.1 Å². The van der Waals surface area contributed by atoms with Crippen LogP contribution in [0.15, 0.2) is 84.9 Å². The molecule has 0 aliphatic heterocycles. The molecule has 34 heavy (non-hydrogen) atoms. The van der Waals surface area contributed by atoms with Crippen LogP contribution in [0.5, 0.6) is 5.75 Å². The number of aliphatic carboxylic acids is 1. The van der Waals surface area contributed by atoms with Gasteiger partial charge in [-0.3, -0.25) is 25.0 Å². The molecule has 0 heterocycles. The van der Waals surface area contributed by atoms with Gasteiger partial charge in [0, 0.05) is 0 Å². The molecule has 178 valence electrons. The van der Waals surface area contributed by atoms with Gasteiger partial charge in [0.25, 0.3) is 0 Å². The molecular formula is C23H23N3O8. The number of nitrogens with zero attached hydrogens (tertiary/aromatic N) is 2. The second-order valence-corrected chi connectivity index (χ2v) is 7.05. The van der Waals surface area contributed by atoms with E-state index in [1.807, 2.05) is 0 Å². The van der Waals surface area contributed by atoms with Crippen LogP contribution in [0.2, 0.25) is 0 Å². The second-order valence-electron chi connectivity index (χ2n) is 7.05. The topological polar surface area (TPSA) is 179 Å². The number of phenols is 1. The van der Waals surface area contributed by atoms with Crippen LogP contribution in [-0.2, 0) is 16.0 Å². The normalized spacial score (nSPS) is 13.0. The van der Waals surface area contributed by atoms with Crippen molar-refractivity contribution in [2.75, 3.05) is 0 Å². The number of carbonyl (C=O) groups is 1. The number of hydrogen-bond acceptors (Lipinski definition) is 8. The molecule has 0 radical (unpaired) electrons. The van der Waals surface area contributed by atoms with Crippen molar-refractivity contribution in [1.29, 1.82) is 0 Å². The zero-order valence-corrected chi connectivity index (χ0v) is 17.8. The second kappa shape index (κ2) is 12.6. The Kier molecular flexibility index (Phi) is 9.62. The zero-order valence-electron chi connectivity index (χ0n) is 17.8. The van der Waals surface area contributed by atoms with Gasteiger partial charge in [0.2, 0.25) is 0 Å². The van der Waals surface area contributed by atoms with Crippen molar-refractivity contribution < 1.29 is 29.6 Å². The maximum atomic E-state index is 11.1. The zero-order chi connectivity index (χ0) is 25.1. The smallest absolute Gasteiger partial charge is 0.347 e. The summed E-state index contributed by atoms with van der Waals surface area (Å²) in [7, 11) is 0. The third kappa shape index (κ3) is 7.97. The van der Waals surface area contributed by atoms with E-state index in [2.05, 4.69) is 0 Å². The van der Waals surface area contributed by atoms with Gasteiger partial charge in [0.15, 0.2) is 0 Å². The summed E-state index contributed by atoms with van der Waals surface area (Å²) < 4.78 is 5.15. The minimum Gasteiger partial charge on any atom is -0.508 e. The van der Waals surface area contributed by atoms with Crippen LogP contribution < -0.4 is 5.73 Å². The monoisotopic (exact) mass is 469 g/mol. The van der Waals surface area contributed by atoms with Crippen LogP contribution in [0.3, 0.4) is 0 Å². The fourth-order valence-corrected chi connectivity index (χ4v) is 2.83. The lowest BCUT2D eigenvalue weighted by Crippen LogP contribution is -2.32. The molecule has 3 aromatic carbocycles.